The maximum absolute atomic E-state index is 12.6. The Morgan fingerprint density at radius 3 is 2.76 bits per heavy atom. The van der Waals surface area contributed by atoms with Gasteiger partial charge in [-0.15, -0.1) is 0 Å². The molecule has 1 N–H and O–H groups in total. The Kier molecular flexibility index (Phi) is 4.69. The molecule has 1 aromatic carbocycles. The highest BCUT2D eigenvalue weighted by Gasteiger charge is 2.48. The molecule has 7 heteroatoms. The van der Waals surface area contributed by atoms with Crippen LogP contribution in [0.4, 0.5) is 0 Å². The van der Waals surface area contributed by atoms with E-state index in [0.717, 1.165) is 0 Å². The van der Waals surface area contributed by atoms with Gasteiger partial charge in [-0.3, -0.25) is 19.6 Å². The van der Waals surface area contributed by atoms with Gasteiger partial charge in [0.25, 0.3) is 5.91 Å². The highest BCUT2D eigenvalue weighted by atomic mass is 16.6. The van der Waals surface area contributed by atoms with Crippen LogP contribution in [0.2, 0.25) is 0 Å². The lowest BCUT2D eigenvalue weighted by molar-refractivity contribution is -0.135. The number of carbonyl (C=O) groups excluding carboxylic acids is 3. The van der Waals surface area contributed by atoms with Crippen molar-refractivity contribution < 1.29 is 29.1 Å². The number of amides is 1. The van der Waals surface area contributed by atoms with Crippen LogP contribution in [0, 0.1) is 5.92 Å². The molecule has 25 heavy (non-hydrogen) atoms. The molecule has 0 radical (unpaired) electrons. The quantitative estimate of drug-likeness (QED) is 0.289. The number of hydroxylamine groups is 2. The largest absolute Gasteiger partial charge is 0.426 e. The van der Waals surface area contributed by atoms with Crippen LogP contribution in [0.25, 0.3) is 0 Å². The van der Waals surface area contributed by atoms with Gasteiger partial charge in [0.1, 0.15) is 11.9 Å². The lowest BCUT2D eigenvalue weighted by Gasteiger charge is -2.20. The van der Waals surface area contributed by atoms with Gasteiger partial charge in [-0.2, -0.15) is 5.06 Å². The number of hydrogen-bond acceptors (Lipinski definition) is 6. The molecule has 2 atom stereocenters. The summed E-state index contributed by atoms with van der Waals surface area (Å²) in [6.07, 6.45) is 0.962. The average molecular weight is 345 g/mol. The van der Waals surface area contributed by atoms with E-state index in [4.69, 9.17) is 9.47 Å². The van der Waals surface area contributed by atoms with Crippen molar-refractivity contribution in [1.29, 1.82) is 0 Å². The zero-order chi connectivity index (χ0) is 18.1. The fourth-order valence-corrected chi connectivity index (χ4v) is 2.68. The first-order chi connectivity index (χ1) is 11.9. The first-order valence-corrected chi connectivity index (χ1v) is 8.09. The van der Waals surface area contributed by atoms with Crippen LogP contribution < -0.4 is 4.74 Å². The zero-order valence-electron chi connectivity index (χ0n) is 14.0. The number of hydrogen-bond donors (Lipinski definition) is 1. The second kappa shape index (κ2) is 6.78. The van der Waals surface area contributed by atoms with E-state index in [0.29, 0.717) is 5.06 Å². The van der Waals surface area contributed by atoms with Gasteiger partial charge in [-0.25, -0.2) is 0 Å². The number of epoxide rings is 1. The van der Waals surface area contributed by atoms with E-state index >= 15 is 0 Å². The SMILES string of the molecule is CC(C)CC(=O)Oc1ccccc1C(=O)N(O)C1=CC(=O)C2OC2C1. The molecule has 2 unspecified atom stereocenters. The molecular formula is C18H19NO6. The first kappa shape index (κ1) is 17.3. The maximum Gasteiger partial charge on any atom is 0.311 e. The third-order valence-corrected chi connectivity index (χ3v) is 3.96. The second-order valence-corrected chi connectivity index (χ2v) is 6.52. The smallest absolute Gasteiger partial charge is 0.311 e. The molecule has 1 fully saturated rings. The van der Waals surface area contributed by atoms with Gasteiger partial charge in [0, 0.05) is 18.9 Å². The lowest BCUT2D eigenvalue weighted by atomic mass is 10.0. The van der Waals surface area contributed by atoms with E-state index < -0.39 is 18.0 Å². The molecule has 0 saturated carbocycles. The zero-order valence-corrected chi connectivity index (χ0v) is 14.0. The number of esters is 1. The molecule has 1 saturated heterocycles. The van der Waals surface area contributed by atoms with E-state index in [1.54, 1.807) is 12.1 Å². The highest BCUT2D eigenvalue weighted by molar-refractivity contribution is 6.01. The molecule has 1 aliphatic carbocycles. The van der Waals surface area contributed by atoms with Gasteiger partial charge >= 0.3 is 5.97 Å². The van der Waals surface area contributed by atoms with E-state index in [9.17, 15) is 19.6 Å². The Labute approximate surface area is 144 Å². The Balaban J connectivity index is 1.78. The number of ketones is 1. The number of benzene rings is 1. The summed E-state index contributed by atoms with van der Waals surface area (Å²) in [6.45, 7) is 3.76. The van der Waals surface area contributed by atoms with Gasteiger partial charge < -0.3 is 9.47 Å². The lowest BCUT2D eigenvalue weighted by Crippen LogP contribution is -2.31. The summed E-state index contributed by atoms with van der Waals surface area (Å²) in [4.78, 5) is 36.2. The molecule has 0 bridgehead atoms. The van der Waals surface area contributed by atoms with E-state index in [1.165, 1.54) is 18.2 Å². The molecule has 1 amide bonds. The van der Waals surface area contributed by atoms with Gasteiger partial charge in [-0.05, 0) is 18.1 Å². The van der Waals surface area contributed by atoms with Crippen molar-refractivity contribution in [2.45, 2.75) is 38.9 Å². The van der Waals surface area contributed by atoms with E-state index in [-0.39, 0.29) is 47.7 Å². The fraction of sp³-hybridized carbons (Fsp3) is 0.389. The predicted octanol–water partition coefficient (Wildman–Crippen LogP) is 2.09. The summed E-state index contributed by atoms with van der Waals surface area (Å²) in [7, 11) is 0. The molecule has 2 aliphatic rings. The van der Waals surface area contributed by atoms with Crippen molar-refractivity contribution in [3.63, 3.8) is 0 Å². The molecule has 7 nitrogen and oxygen atoms in total. The van der Waals surface area contributed by atoms with Crippen LogP contribution in [-0.2, 0) is 14.3 Å². The van der Waals surface area contributed by atoms with Crippen LogP contribution >= 0.6 is 0 Å². The topological polar surface area (TPSA) is 96.4 Å². The molecule has 132 valence electrons. The summed E-state index contributed by atoms with van der Waals surface area (Å²) >= 11 is 0. The number of ether oxygens (including phenoxy) is 2. The van der Waals surface area contributed by atoms with Gasteiger partial charge in [0.05, 0.1) is 17.4 Å². The number of para-hydroxylation sites is 1. The second-order valence-electron chi connectivity index (χ2n) is 6.52. The number of carbonyl (C=O) groups is 3. The van der Waals surface area contributed by atoms with Crippen molar-refractivity contribution in [3.8, 4) is 5.75 Å². The fourth-order valence-electron chi connectivity index (χ4n) is 2.68. The van der Waals surface area contributed by atoms with E-state index in [1.807, 2.05) is 13.8 Å². The number of rotatable bonds is 5. The molecule has 3 rings (SSSR count). The first-order valence-electron chi connectivity index (χ1n) is 8.09. The normalized spacial score (nSPS) is 21.4. The van der Waals surface area contributed by atoms with Crippen molar-refractivity contribution >= 4 is 17.7 Å². The summed E-state index contributed by atoms with van der Waals surface area (Å²) in [5.74, 6) is -1.31. The minimum atomic E-state index is -0.772. The van der Waals surface area contributed by atoms with Crippen LogP contribution in [0.1, 0.15) is 37.0 Å². The Hall–Kier alpha value is -2.51. The Morgan fingerprint density at radius 1 is 1.36 bits per heavy atom. The van der Waals surface area contributed by atoms with Gasteiger partial charge in [0.15, 0.2) is 5.78 Å². The Morgan fingerprint density at radius 2 is 2.08 bits per heavy atom. The third kappa shape index (κ3) is 3.78. The van der Waals surface area contributed by atoms with Gasteiger partial charge in [0.2, 0.25) is 0 Å². The molecular weight excluding hydrogens is 326 g/mol. The van der Waals surface area contributed by atoms with Crippen molar-refractivity contribution in [3.05, 3.63) is 41.6 Å². The van der Waals surface area contributed by atoms with Gasteiger partial charge in [-0.1, -0.05) is 26.0 Å². The average Bonchev–Trinajstić information content (AvgIpc) is 3.33. The van der Waals surface area contributed by atoms with Crippen LogP contribution in [0.3, 0.4) is 0 Å². The molecule has 1 aliphatic heterocycles. The van der Waals surface area contributed by atoms with Crippen LogP contribution in [-0.4, -0.2) is 40.1 Å². The highest BCUT2D eigenvalue weighted by Crippen LogP contribution is 2.35. The van der Waals surface area contributed by atoms with Crippen molar-refractivity contribution in [2.75, 3.05) is 0 Å². The van der Waals surface area contributed by atoms with Crippen LogP contribution in [0.15, 0.2) is 36.0 Å². The molecule has 0 spiro atoms. The van der Waals surface area contributed by atoms with Crippen LogP contribution in [0.5, 0.6) is 5.75 Å². The van der Waals surface area contributed by atoms with Crippen molar-refractivity contribution in [2.24, 2.45) is 5.92 Å². The van der Waals surface area contributed by atoms with E-state index in [2.05, 4.69) is 0 Å². The Bertz CT molecular complexity index is 754. The summed E-state index contributed by atoms with van der Waals surface area (Å²) < 4.78 is 10.4. The number of nitrogens with zero attached hydrogens (tertiary/aromatic N) is 1. The molecule has 1 aromatic rings. The molecule has 0 aromatic heterocycles. The van der Waals surface area contributed by atoms with Crippen molar-refractivity contribution in [1.82, 2.24) is 5.06 Å². The third-order valence-electron chi connectivity index (χ3n) is 3.96. The monoisotopic (exact) mass is 345 g/mol. The molecule has 1 heterocycles. The summed E-state index contributed by atoms with van der Waals surface area (Å²) in [5.41, 5.74) is 0.200. The standard InChI is InChI=1S/C18H19NO6/c1-10(2)7-16(21)24-14-6-4-3-5-12(14)18(22)19(23)11-8-13(20)17-15(9-11)25-17/h3-6,8,10,15,17,23H,7,9H2,1-2H3. The summed E-state index contributed by atoms with van der Waals surface area (Å²) in [6, 6.07) is 6.16. The maximum atomic E-state index is 12.6. The predicted molar refractivity (Wildman–Crippen MR) is 85.9 cm³/mol. The summed E-state index contributed by atoms with van der Waals surface area (Å²) in [5, 5.41) is 10.6. The minimum Gasteiger partial charge on any atom is -0.426 e. The minimum absolute atomic E-state index is 0.0364. The number of fused-ring (bicyclic) bond motifs is 1.